The summed E-state index contributed by atoms with van der Waals surface area (Å²) >= 11 is 0. The second-order valence-corrected chi connectivity index (χ2v) is 7.00. The summed E-state index contributed by atoms with van der Waals surface area (Å²) in [5.74, 6) is 0.899. The van der Waals surface area contributed by atoms with Crippen LogP contribution in [0.4, 0.5) is 0 Å². The molecule has 0 aliphatic heterocycles. The number of aliphatic hydroxyl groups is 1. The molecule has 2 aromatic heterocycles. The van der Waals surface area contributed by atoms with E-state index in [1.807, 2.05) is 36.7 Å². The highest BCUT2D eigenvalue weighted by Gasteiger charge is 2.16. The minimum atomic E-state index is -0.506. The number of hydrogen-bond acceptors (Lipinski definition) is 4. The van der Waals surface area contributed by atoms with E-state index in [0.717, 1.165) is 23.7 Å². The molecule has 3 rings (SSSR count). The van der Waals surface area contributed by atoms with E-state index in [2.05, 4.69) is 41.2 Å². The zero-order chi connectivity index (χ0) is 18.5. The summed E-state index contributed by atoms with van der Waals surface area (Å²) < 4.78 is 7.37. The predicted molar refractivity (Wildman–Crippen MR) is 102 cm³/mol. The van der Waals surface area contributed by atoms with Crippen molar-refractivity contribution in [2.45, 2.75) is 46.5 Å². The van der Waals surface area contributed by atoms with Crippen LogP contribution in [0, 0.1) is 20.8 Å². The maximum Gasteiger partial charge on any atom is 0.117 e. The number of furan rings is 1. The molecule has 0 spiro atoms. The molecule has 0 saturated carbocycles. The number of aliphatic hydroxyl groups excluding tert-OH is 1. The number of nitrogens with zero attached hydrogens (tertiary/aromatic N) is 3. The summed E-state index contributed by atoms with van der Waals surface area (Å²) in [6.07, 6.45) is 1.18. The Morgan fingerprint density at radius 3 is 2.50 bits per heavy atom. The monoisotopic (exact) mass is 353 g/mol. The lowest BCUT2D eigenvalue weighted by Crippen LogP contribution is -2.34. The fourth-order valence-electron chi connectivity index (χ4n) is 3.17. The zero-order valence-corrected chi connectivity index (χ0v) is 15.7. The van der Waals surface area contributed by atoms with Gasteiger partial charge in [-0.15, -0.1) is 0 Å². The molecule has 0 aliphatic rings. The Bertz CT molecular complexity index is 806. The summed E-state index contributed by atoms with van der Waals surface area (Å²) in [5.41, 5.74) is 4.51. The van der Waals surface area contributed by atoms with Gasteiger partial charge in [0, 0.05) is 18.8 Å². The summed E-state index contributed by atoms with van der Waals surface area (Å²) in [5, 5.41) is 15.1. The van der Waals surface area contributed by atoms with Gasteiger partial charge in [-0.1, -0.05) is 29.8 Å². The second-order valence-electron chi connectivity index (χ2n) is 7.00. The Labute approximate surface area is 154 Å². The highest BCUT2D eigenvalue weighted by molar-refractivity contribution is 5.21. The van der Waals surface area contributed by atoms with E-state index >= 15 is 0 Å². The van der Waals surface area contributed by atoms with Crippen LogP contribution in [0.3, 0.4) is 0 Å². The number of rotatable bonds is 8. The van der Waals surface area contributed by atoms with Gasteiger partial charge in [0.15, 0.2) is 0 Å². The van der Waals surface area contributed by atoms with Gasteiger partial charge >= 0.3 is 0 Å². The predicted octanol–water partition coefficient (Wildman–Crippen LogP) is 3.46. The molecule has 0 amide bonds. The van der Waals surface area contributed by atoms with Crippen molar-refractivity contribution < 1.29 is 9.52 Å². The molecule has 1 unspecified atom stereocenters. The molecule has 138 valence electrons. The summed E-state index contributed by atoms with van der Waals surface area (Å²) in [6, 6.07) is 14.4. The molecule has 2 heterocycles. The first-order chi connectivity index (χ1) is 12.5. The molecular formula is C21H27N3O2. The van der Waals surface area contributed by atoms with Gasteiger partial charge in [0.2, 0.25) is 0 Å². The van der Waals surface area contributed by atoms with Crippen LogP contribution < -0.4 is 0 Å². The fourth-order valence-corrected chi connectivity index (χ4v) is 3.17. The van der Waals surface area contributed by atoms with Gasteiger partial charge < -0.3 is 9.52 Å². The van der Waals surface area contributed by atoms with Gasteiger partial charge in [0.25, 0.3) is 0 Å². The van der Waals surface area contributed by atoms with E-state index in [4.69, 9.17) is 4.42 Å². The minimum absolute atomic E-state index is 0.488. The highest BCUT2D eigenvalue weighted by Crippen LogP contribution is 2.13. The largest absolute Gasteiger partial charge is 0.468 e. The average molecular weight is 353 g/mol. The first kappa shape index (κ1) is 18.4. The van der Waals surface area contributed by atoms with Crippen LogP contribution >= 0.6 is 0 Å². The van der Waals surface area contributed by atoms with Crippen LogP contribution in [0.25, 0.3) is 0 Å². The molecule has 0 radical (unpaired) electrons. The van der Waals surface area contributed by atoms with E-state index in [1.165, 1.54) is 11.1 Å². The third-order valence-corrected chi connectivity index (χ3v) is 4.44. The van der Waals surface area contributed by atoms with Crippen LogP contribution in [0.15, 0.2) is 53.1 Å². The molecule has 5 nitrogen and oxygen atoms in total. The minimum Gasteiger partial charge on any atom is -0.468 e. The first-order valence-corrected chi connectivity index (χ1v) is 8.99. The van der Waals surface area contributed by atoms with E-state index in [0.29, 0.717) is 19.6 Å². The van der Waals surface area contributed by atoms with Gasteiger partial charge in [-0.2, -0.15) is 5.10 Å². The van der Waals surface area contributed by atoms with Crippen molar-refractivity contribution in [1.29, 1.82) is 0 Å². The van der Waals surface area contributed by atoms with Gasteiger partial charge in [-0.3, -0.25) is 9.58 Å². The smallest absolute Gasteiger partial charge is 0.117 e. The third-order valence-electron chi connectivity index (χ3n) is 4.44. The van der Waals surface area contributed by atoms with Crippen molar-refractivity contribution in [2.75, 3.05) is 6.54 Å². The van der Waals surface area contributed by atoms with Crippen molar-refractivity contribution in [1.82, 2.24) is 14.7 Å². The van der Waals surface area contributed by atoms with E-state index in [9.17, 15) is 5.11 Å². The standard InChI is InChI=1S/C21H27N3O2/c1-16-6-8-19(9-7-16)12-23(15-21-5-4-10-26-21)13-20(25)14-24-18(3)11-17(2)22-24/h4-11,20,25H,12-15H2,1-3H3. The lowest BCUT2D eigenvalue weighted by atomic mass is 10.1. The average Bonchev–Trinajstić information content (AvgIpc) is 3.19. The molecule has 0 fully saturated rings. The highest BCUT2D eigenvalue weighted by atomic mass is 16.3. The summed E-state index contributed by atoms with van der Waals surface area (Å²) in [4.78, 5) is 2.21. The van der Waals surface area contributed by atoms with Crippen molar-refractivity contribution in [3.05, 3.63) is 77.0 Å². The molecule has 1 atom stereocenters. The molecule has 0 saturated heterocycles. The van der Waals surface area contributed by atoms with Crippen molar-refractivity contribution >= 4 is 0 Å². The van der Waals surface area contributed by atoms with Crippen LogP contribution in [0.1, 0.15) is 28.3 Å². The molecule has 3 aromatic rings. The maximum absolute atomic E-state index is 10.6. The van der Waals surface area contributed by atoms with Crippen LogP contribution in [-0.2, 0) is 19.6 Å². The topological polar surface area (TPSA) is 54.4 Å². The normalized spacial score (nSPS) is 12.7. The lowest BCUT2D eigenvalue weighted by Gasteiger charge is -2.24. The lowest BCUT2D eigenvalue weighted by molar-refractivity contribution is 0.0839. The Hall–Kier alpha value is -2.37. The number of aromatic nitrogens is 2. The van der Waals surface area contributed by atoms with Gasteiger partial charge in [-0.25, -0.2) is 0 Å². The Kier molecular flexibility index (Phi) is 5.91. The van der Waals surface area contributed by atoms with E-state index in [-0.39, 0.29) is 0 Å². The molecule has 26 heavy (non-hydrogen) atoms. The quantitative estimate of drug-likeness (QED) is 0.674. The Morgan fingerprint density at radius 2 is 1.88 bits per heavy atom. The number of hydrogen-bond donors (Lipinski definition) is 1. The molecule has 1 aromatic carbocycles. The summed E-state index contributed by atoms with van der Waals surface area (Å²) in [6.45, 7) is 8.53. The van der Waals surface area contributed by atoms with Crippen molar-refractivity contribution in [3.8, 4) is 0 Å². The van der Waals surface area contributed by atoms with Gasteiger partial charge in [0.05, 0.1) is 31.2 Å². The van der Waals surface area contributed by atoms with Gasteiger partial charge in [0.1, 0.15) is 5.76 Å². The second kappa shape index (κ2) is 8.34. The van der Waals surface area contributed by atoms with Crippen molar-refractivity contribution in [3.63, 3.8) is 0 Å². The molecule has 5 heteroatoms. The zero-order valence-electron chi connectivity index (χ0n) is 15.7. The van der Waals surface area contributed by atoms with Crippen LogP contribution in [0.2, 0.25) is 0 Å². The van der Waals surface area contributed by atoms with Crippen molar-refractivity contribution in [2.24, 2.45) is 0 Å². The van der Waals surface area contributed by atoms with Gasteiger partial charge in [-0.05, 0) is 44.5 Å². The Balaban J connectivity index is 1.67. The molecular weight excluding hydrogens is 326 g/mol. The van der Waals surface area contributed by atoms with Crippen LogP contribution in [0.5, 0.6) is 0 Å². The molecule has 0 bridgehead atoms. The third kappa shape index (κ3) is 5.07. The SMILES string of the molecule is Cc1ccc(CN(Cc2ccco2)CC(O)Cn2nc(C)cc2C)cc1. The van der Waals surface area contributed by atoms with E-state index < -0.39 is 6.10 Å². The van der Waals surface area contributed by atoms with Crippen LogP contribution in [-0.4, -0.2) is 32.4 Å². The number of aryl methyl sites for hydroxylation is 3. The summed E-state index contributed by atoms with van der Waals surface area (Å²) in [7, 11) is 0. The first-order valence-electron chi connectivity index (χ1n) is 8.99. The maximum atomic E-state index is 10.6. The fraction of sp³-hybridized carbons (Fsp3) is 0.381. The van der Waals surface area contributed by atoms with E-state index in [1.54, 1.807) is 6.26 Å². The number of benzene rings is 1. The Morgan fingerprint density at radius 1 is 1.12 bits per heavy atom. The molecule has 0 aliphatic carbocycles. The molecule has 1 N–H and O–H groups in total.